The summed E-state index contributed by atoms with van der Waals surface area (Å²) in [6, 6.07) is 0.402. The van der Waals surface area contributed by atoms with Gasteiger partial charge in [-0.25, -0.2) is 4.98 Å². The number of fused-ring (bicyclic) bond motifs is 1. The fourth-order valence-corrected chi connectivity index (χ4v) is 1.56. The molecule has 3 N–H and O–H groups in total. The Kier molecular flexibility index (Phi) is 1.77. The van der Waals surface area contributed by atoms with Crippen LogP contribution in [0.2, 0.25) is 0 Å². The molecule has 1 aromatic heterocycles. The van der Waals surface area contributed by atoms with Gasteiger partial charge in [-0.15, -0.1) is 0 Å². The summed E-state index contributed by atoms with van der Waals surface area (Å²) in [6.07, 6.45) is 3.16. The summed E-state index contributed by atoms with van der Waals surface area (Å²) < 4.78 is 2.14. The SMILES string of the molecule is Cc1cn2c(n1)NC(CN)CC2. The number of anilines is 1. The van der Waals surface area contributed by atoms with Crippen molar-refractivity contribution in [2.45, 2.75) is 25.9 Å². The minimum absolute atomic E-state index is 0.402. The standard InChI is InChI=1S/C8H14N4/c1-6-5-12-3-2-7(4-9)11-8(12)10-6/h5,7H,2-4,9H2,1H3,(H,10,11). The lowest BCUT2D eigenvalue weighted by Crippen LogP contribution is -2.34. The van der Waals surface area contributed by atoms with Gasteiger partial charge in [0.1, 0.15) is 0 Å². The number of rotatable bonds is 1. The Morgan fingerprint density at radius 1 is 1.83 bits per heavy atom. The van der Waals surface area contributed by atoms with Crippen molar-refractivity contribution in [3.63, 3.8) is 0 Å². The highest BCUT2D eigenvalue weighted by Gasteiger charge is 2.16. The molecule has 4 heteroatoms. The Morgan fingerprint density at radius 3 is 3.42 bits per heavy atom. The second-order valence-electron chi connectivity index (χ2n) is 3.26. The molecule has 4 nitrogen and oxygen atoms in total. The topological polar surface area (TPSA) is 55.9 Å². The third-order valence-electron chi connectivity index (χ3n) is 2.23. The molecule has 0 spiro atoms. The fourth-order valence-electron chi connectivity index (χ4n) is 1.56. The minimum Gasteiger partial charge on any atom is -0.352 e. The van der Waals surface area contributed by atoms with E-state index in [4.69, 9.17) is 5.73 Å². The monoisotopic (exact) mass is 166 g/mol. The van der Waals surface area contributed by atoms with E-state index in [1.54, 1.807) is 0 Å². The van der Waals surface area contributed by atoms with Crippen molar-refractivity contribution in [3.8, 4) is 0 Å². The zero-order valence-corrected chi connectivity index (χ0v) is 7.25. The summed E-state index contributed by atoms with van der Waals surface area (Å²) in [5, 5.41) is 3.29. The normalized spacial score (nSPS) is 21.7. The molecular formula is C8H14N4. The molecule has 0 saturated carbocycles. The number of hydrogen-bond acceptors (Lipinski definition) is 3. The molecule has 1 unspecified atom stereocenters. The summed E-state index contributed by atoms with van der Waals surface area (Å²) in [5.41, 5.74) is 6.63. The highest BCUT2D eigenvalue weighted by Crippen LogP contribution is 2.16. The van der Waals surface area contributed by atoms with E-state index in [1.807, 2.05) is 6.92 Å². The second-order valence-corrected chi connectivity index (χ2v) is 3.26. The molecule has 12 heavy (non-hydrogen) atoms. The van der Waals surface area contributed by atoms with Crippen LogP contribution in [0.3, 0.4) is 0 Å². The van der Waals surface area contributed by atoms with Crippen LogP contribution in [-0.2, 0) is 6.54 Å². The summed E-state index contributed by atoms with van der Waals surface area (Å²) >= 11 is 0. The van der Waals surface area contributed by atoms with E-state index in [0.29, 0.717) is 12.6 Å². The molecule has 0 fully saturated rings. The molecule has 0 radical (unpaired) electrons. The number of aryl methyl sites for hydroxylation is 2. The largest absolute Gasteiger partial charge is 0.352 e. The van der Waals surface area contributed by atoms with Gasteiger partial charge < -0.3 is 15.6 Å². The molecule has 0 bridgehead atoms. The molecule has 0 aromatic carbocycles. The van der Waals surface area contributed by atoms with Gasteiger partial charge in [-0.3, -0.25) is 0 Å². The van der Waals surface area contributed by atoms with Crippen LogP contribution >= 0.6 is 0 Å². The van der Waals surface area contributed by atoms with E-state index in [-0.39, 0.29) is 0 Å². The molecule has 1 aliphatic rings. The van der Waals surface area contributed by atoms with Gasteiger partial charge in [-0.1, -0.05) is 0 Å². The summed E-state index contributed by atoms with van der Waals surface area (Å²) in [5.74, 6) is 0.967. The lowest BCUT2D eigenvalue weighted by Gasteiger charge is -2.23. The Morgan fingerprint density at radius 2 is 2.67 bits per heavy atom. The summed E-state index contributed by atoms with van der Waals surface area (Å²) in [6.45, 7) is 3.72. The third kappa shape index (κ3) is 1.18. The van der Waals surface area contributed by atoms with Gasteiger partial charge in [0, 0.05) is 25.3 Å². The number of nitrogens with two attached hydrogens (primary N) is 1. The van der Waals surface area contributed by atoms with Crippen molar-refractivity contribution < 1.29 is 0 Å². The quantitative estimate of drug-likeness (QED) is 0.632. The second kappa shape index (κ2) is 2.79. The van der Waals surface area contributed by atoms with Crippen LogP contribution in [0.15, 0.2) is 6.20 Å². The molecule has 1 atom stereocenters. The van der Waals surface area contributed by atoms with Crippen LogP contribution < -0.4 is 11.1 Å². The highest BCUT2D eigenvalue weighted by molar-refractivity contribution is 5.32. The van der Waals surface area contributed by atoms with Crippen LogP contribution in [0.5, 0.6) is 0 Å². The van der Waals surface area contributed by atoms with Crippen molar-refractivity contribution in [1.29, 1.82) is 0 Å². The van der Waals surface area contributed by atoms with Crippen LogP contribution in [0, 0.1) is 6.92 Å². The van der Waals surface area contributed by atoms with Crippen molar-refractivity contribution >= 4 is 5.95 Å². The maximum Gasteiger partial charge on any atom is 0.203 e. The number of nitrogens with one attached hydrogen (secondary N) is 1. The Hall–Kier alpha value is -1.03. The highest BCUT2D eigenvalue weighted by atomic mass is 15.2. The maximum atomic E-state index is 5.57. The van der Waals surface area contributed by atoms with Gasteiger partial charge >= 0.3 is 0 Å². The van der Waals surface area contributed by atoms with E-state index in [2.05, 4.69) is 21.1 Å². The van der Waals surface area contributed by atoms with Gasteiger partial charge in [-0.2, -0.15) is 0 Å². The Balaban J connectivity index is 2.22. The zero-order valence-electron chi connectivity index (χ0n) is 7.25. The predicted molar refractivity (Wildman–Crippen MR) is 48.0 cm³/mol. The van der Waals surface area contributed by atoms with E-state index in [0.717, 1.165) is 24.6 Å². The third-order valence-corrected chi connectivity index (χ3v) is 2.23. The first-order valence-corrected chi connectivity index (χ1v) is 4.30. The lowest BCUT2D eigenvalue weighted by molar-refractivity contribution is 0.532. The molecule has 0 aliphatic carbocycles. The van der Waals surface area contributed by atoms with Crippen LogP contribution in [0.25, 0.3) is 0 Å². The molecule has 2 heterocycles. The maximum absolute atomic E-state index is 5.57. The molecule has 66 valence electrons. The smallest absolute Gasteiger partial charge is 0.203 e. The average molecular weight is 166 g/mol. The number of nitrogens with zero attached hydrogens (tertiary/aromatic N) is 2. The number of hydrogen-bond donors (Lipinski definition) is 2. The van der Waals surface area contributed by atoms with Crippen LogP contribution in [0.4, 0.5) is 5.95 Å². The van der Waals surface area contributed by atoms with E-state index in [1.165, 1.54) is 0 Å². The van der Waals surface area contributed by atoms with Gasteiger partial charge in [0.15, 0.2) is 0 Å². The van der Waals surface area contributed by atoms with E-state index < -0.39 is 0 Å². The average Bonchev–Trinajstić information content (AvgIpc) is 2.43. The van der Waals surface area contributed by atoms with E-state index >= 15 is 0 Å². The first-order chi connectivity index (χ1) is 5.79. The molecule has 1 aliphatic heterocycles. The zero-order chi connectivity index (χ0) is 8.55. The van der Waals surface area contributed by atoms with Crippen LogP contribution in [0.1, 0.15) is 12.1 Å². The fraction of sp³-hybridized carbons (Fsp3) is 0.625. The van der Waals surface area contributed by atoms with Gasteiger partial charge in [0.25, 0.3) is 0 Å². The van der Waals surface area contributed by atoms with Crippen molar-refractivity contribution in [1.82, 2.24) is 9.55 Å². The summed E-state index contributed by atoms with van der Waals surface area (Å²) in [4.78, 5) is 4.35. The first kappa shape index (κ1) is 7.61. The van der Waals surface area contributed by atoms with Crippen LogP contribution in [-0.4, -0.2) is 22.1 Å². The number of aromatic nitrogens is 2. The van der Waals surface area contributed by atoms with Gasteiger partial charge in [0.05, 0.1) is 5.69 Å². The summed E-state index contributed by atoms with van der Waals surface area (Å²) in [7, 11) is 0. The number of imidazole rings is 1. The molecule has 0 amide bonds. The van der Waals surface area contributed by atoms with Crippen molar-refractivity contribution in [3.05, 3.63) is 11.9 Å². The Bertz CT molecular complexity index is 279. The molecular weight excluding hydrogens is 152 g/mol. The van der Waals surface area contributed by atoms with Crippen molar-refractivity contribution in [2.24, 2.45) is 5.73 Å². The Labute approximate surface area is 71.8 Å². The molecule has 2 rings (SSSR count). The first-order valence-electron chi connectivity index (χ1n) is 4.30. The van der Waals surface area contributed by atoms with E-state index in [9.17, 15) is 0 Å². The predicted octanol–water partition coefficient (Wildman–Crippen LogP) is 0.334. The lowest BCUT2D eigenvalue weighted by atomic mass is 10.2. The van der Waals surface area contributed by atoms with Gasteiger partial charge in [-0.05, 0) is 13.3 Å². The molecule has 1 aromatic rings. The van der Waals surface area contributed by atoms with Crippen molar-refractivity contribution in [2.75, 3.05) is 11.9 Å². The minimum atomic E-state index is 0.402. The molecule has 0 saturated heterocycles. The van der Waals surface area contributed by atoms with Gasteiger partial charge in [0.2, 0.25) is 5.95 Å².